The van der Waals surface area contributed by atoms with Crippen molar-refractivity contribution in [3.05, 3.63) is 75.8 Å². The average molecular weight is 422 g/mol. The molecule has 31 heavy (non-hydrogen) atoms. The van der Waals surface area contributed by atoms with Crippen molar-refractivity contribution in [2.45, 2.75) is 59.2 Å². The summed E-state index contributed by atoms with van der Waals surface area (Å²) in [5, 5.41) is 2.68. The first kappa shape index (κ1) is 22.7. The fourth-order valence-corrected chi connectivity index (χ4v) is 3.92. The minimum atomic E-state index is -0.557. The summed E-state index contributed by atoms with van der Waals surface area (Å²) in [7, 11) is 0. The molecule has 1 atom stereocenters. The molecule has 2 aromatic carbocycles. The molecule has 0 unspecified atom stereocenters. The zero-order valence-electron chi connectivity index (χ0n) is 19.1. The molecule has 0 spiro atoms. The number of carbonyl (C=O) groups is 1. The number of rotatable bonds is 7. The van der Waals surface area contributed by atoms with E-state index in [0.717, 1.165) is 0 Å². The van der Waals surface area contributed by atoms with Gasteiger partial charge in [-0.15, -0.1) is 0 Å². The number of quaternary nitrogens is 1. The maximum absolute atomic E-state index is 13.0. The van der Waals surface area contributed by atoms with Crippen LogP contribution in [0.15, 0.2) is 53.3 Å². The van der Waals surface area contributed by atoms with Gasteiger partial charge in [-0.25, -0.2) is 4.98 Å². The van der Waals surface area contributed by atoms with Crippen LogP contribution in [0.25, 0.3) is 10.9 Å². The Morgan fingerprint density at radius 2 is 1.74 bits per heavy atom. The molecule has 1 heterocycles. The smallest absolute Gasteiger partial charge is 0.262 e. The molecule has 0 bridgehead atoms. The molecule has 0 fully saturated rings. The van der Waals surface area contributed by atoms with E-state index in [9.17, 15) is 9.59 Å². The maximum atomic E-state index is 13.0. The normalized spacial score (nSPS) is 13.0. The molecule has 0 saturated heterocycles. The Morgan fingerprint density at radius 1 is 1.10 bits per heavy atom. The number of fused-ring (bicyclic) bond motifs is 1. The van der Waals surface area contributed by atoms with Crippen LogP contribution < -0.4 is 16.6 Å². The molecule has 6 nitrogen and oxygen atoms in total. The zero-order chi connectivity index (χ0) is 22.8. The van der Waals surface area contributed by atoms with Gasteiger partial charge in [-0.2, -0.15) is 0 Å². The van der Waals surface area contributed by atoms with Gasteiger partial charge in [-0.3, -0.25) is 14.2 Å². The Hall–Kier alpha value is -2.99. The lowest BCUT2D eigenvalue weighted by atomic mass is 9.85. The second-order valence-electron chi connectivity index (χ2n) is 9.48. The number of primary amides is 1. The van der Waals surface area contributed by atoms with Crippen LogP contribution in [0.1, 0.15) is 57.6 Å². The van der Waals surface area contributed by atoms with Crippen LogP contribution in [0.3, 0.4) is 0 Å². The first-order valence-corrected chi connectivity index (χ1v) is 10.8. The SMILES string of the molecule is CC(C)[C@H]([NH2+]Cc1nc2ccccc2c(=O)n1CC(N)=O)c1ccc(C(C)(C)C)cc1. The molecule has 3 aromatic rings. The first-order valence-electron chi connectivity index (χ1n) is 10.8. The van der Waals surface area contributed by atoms with E-state index in [1.807, 2.05) is 12.1 Å². The summed E-state index contributed by atoms with van der Waals surface area (Å²) in [4.78, 5) is 29.3. The molecule has 4 N–H and O–H groups in total. The van der Waals surface area contributed by atoms with Gasteiger partial charge in [0.1, 0.15) is 19.1 Å². The number of nitrogens with two attached hydrogens (primary N) is 2. The average Bonchev–Trinajstić information content (AvgIpc) is 2.70. The predicted octanol–water partition coefficient (Wildman–Crippen LogP) is 2.64. The molecule has 6 heteroatoms. The molecule has 0 aliphatic heterocycles. The zero-order valence-corrected chi connectivity index (χ0v) is 19.1. The van der Waals surface area contributed by atoms with Crippen molar-refractivity contribution < 1.29 is 10.1 Å². The highest BCUT2D eigenvalue weighted by Crippen LogP contribution is 2.25. The number of amides is 1. The number of nitrogens with zero attached hydrogens (tertiary/aromatic N) is 2. The Kier molecular flexibility index (Phi) is 6.60. The molecular weight excluding hydrogens is 388 g/mol. The summed E-state index contributed by atoms with van der Waals surface area (Å²) in [6.45, 7) is 11.3. The van der Waals surface area contributed by atoms with E-state index in [1.54, 1.807) is 12.1 Å². The minimum Gasteiger partial charge on any atom is -0.368 e. The van der Waals surface area contributed by atoms with Crippen LogP contribution in [0.2, 0.25) is 0 Å². The fourth-order valence-electron chi connectivity index (χ4n) is 3.92. The van der Waals surface area contributed by atoms with Gasteiger partial charge < -0.3 is 11.1 Å². The predicted molar refractivity (Wildman–Crippen MR) is 124 cm³/mol. The Bertz CT molecular complexity index is 1120. The van der Waals surface area contributed by atoms with Gasteiger partial charge in [-0.05, 0) is 23.1 Å². The van der Waals surface area contributed by atoms with E-state index in [4.69, 9.17) is 5.73 Å². The van der Waals surface area contributed by atoms with E-state index in [2.05, 4.69) is 69.2 Å². The van der Waals surface area contributed by atoms with E-state index in [1.165, 1.54) is 15.7 Å². The number of aromatic nitrogens is 2. The second-order valence-corrected chi connectivity index (χ2v) is 9.48. The third-order valence-electron chi connectivity index (χ3n) is 5.69. The highest BCUT2D eigenvalue weighted by atomic mass is 16.2. The molecule has 0 radical (unpaired) electrons. The third kappa shape index (κ3) is 5.20. The maximum Gasteiger partial charge on any atom is 0.262 e. The second kappa shape index (κ2) is 9.02. The Labute approximate surface area is 183 Å². The summed E-state index contributed by atoms with van der Waals surface area (Å²) in [5.74, 6) is 0.371. The topological polar surface area (TPSA) is 94.6 Å². The van der Waals surface area contributed by atoms with E-state index in [0.29, 0.717) is 29.2 Å². The molecular formula is C25H33N4O2+. The van der Waals surface area contributed by atoms with Gasteiger partial charge in [0.15, 0.2) is 5.82 Å². The van der Waals surface area contributed by atoms with Crippen LogP contribution in [0.4, 0.5) is 0 Å². The van der Waals surface area contributed by atoms with Crippen LogP contribution in [-0.2, 0) is 23.3 Å². The van der Waals surface area contributed by atoms with Gasteiger partial charge >= 0.3 is 0 Å². The van der Waals surface area contributed by atoms with Crippen molar-refractivity contribution in [3.63, 3.8) is 0 Å². The summed E-state index contributed by atoms with van der Waals surface area (Å²) in [6, 6.07) is 16.1. The van der Waals surface area contributed by atoms with Crippen molar-refractivity contribution >= 4 is 16.8 Å². The summed E-state index contributed by atoms with van der Waals surface area (Å²) >= 11 is 0. The number of hydrogen-bond donors (Lipinski definition) is 2. The van der Waals surface area contributed by atoms with Crippen molar-refractivity contribution in [3.8, 4) is 0 Å². The summed E-state index contributed by atoms with van der Waals surface area (Å²) in [5.41, 5.74) is 8.45. The van der Waals surface area contributed by atoms with Crippen LogP contribution in [-0.4, -0.2) is 15.5 Å². The first-order chi connectivity index (χ1) is 14.6. The van der Waals surface area contributed by atoms with Crippen molar-refractivity contribution in [1.82, 2.24) is 9.55 Å². The lowest BCUT2D eigenvalue weighted by Crippen LogP contribution is -2.85. The standard InChI is InChI=1S/C25H32N4O2/c1-16(2)23(17-10-12-18(13-11-17)25(3,4)5)27-14-22-28-20-9-7-6-8-19(20)24(31)29(22)15-21(26)30/h6-13,16,23,27H,14-15H2,1-5H3,(H2,26,30)/p+1/t23-/m0/s1. The third-order valence-corrected chi connectivity index (χ3v) is 5.69. The van der Waals surface area contributed by atoms with E-state index in [-0.39, 0.29) is 23.6 Å². The van der Waals surface area contributed by atoms with Crippen LogP contribution in [0, 0.1) is 5.92 Å². The summed E-state index contributed by atoms with van der Waals surface area (Å²) < 4.78 is 1.40. The quantitative estimate of drug-likeness (QED) is 0.614. The Morgan fingerprint density at radius 3 is 2.32 bits per heavy atom. The monoisotopic (exact) mass is 421 g/mol. The van der Waals surface area contributed by atoms with Crippen LogP contribution in [0.5, 0.6) is 0 Å². The molecule has 1 amide bonds. The number of hydrogen-bond acceptors (Lipinski definition) is 3. The van der Waals surface area contributed by atoms with Crippen molar-refractivity contribution in [2.24, 2.45) is 11.7 Å². The van der Waals surface area contributed by atoms with E-state index < -0.39 is 5.91 Å². The molecule has 1 aromatic heterocycles. The highest BCUT2D eigenvalue weighted by Gasteiger charge is 2.22. The number of benzene rings is 2. The van der Waals surface area contributed by atoms with Gasteiger partial charge in [0, 0.05) is 11.5 Å². The van der Waals surface area contributed by atoms with Crippen molar-refractivity contribution in [1.29, 1.82) is 0 Å². The van der Waals surface area contributed by atoms with Gasteiger partial charge in [0.2, 0.25) is 5.91 Å². The fraction of sp³-hybridized carbons (Fsp3) is 0.400. The highest BCUT2D eigenvalue weighted by molar-refractivity contribution is 5.78. The number of carbonyl (C=O) groups excluding carboxylic acids is 1. The lowest BCUT2D eigenvalue weighted by molar-refractivity contribution is -0.718. The van der Waals surface area contributed by atoms with Crippen molar-refractivity contribution in [2.75, 3.05) is 0 Å². The largest absolute Gasteiger partial charge is 0.368 e. The van der Waals surface area contributed by atoms with Gasteiger partial charge in [0.25, 0.3) is 5.56 Å². The minimum absolute atomic E-state index is 0.107. The molecule has 0 aliphatic carbocycles. The lowest BCUT2D eigenvalue weighted by Gasteiger charge is -2.23. The summed E-state index contributed by atoms with van der Waals surface area (Å²) in [6.07, 6.45) is 0. The Balaban J connectivity index is 1.93. The molecule has 0 saturated carbocycles. The number of para-hydroxylation sites is 1. The molecule has 164 valence electrons. The van der Waals surface area contributed by atoms with Gasteiger partial charge in [0.05, 0.1) is 10.9 Å². The molecule has 0 aliphatic rings. The molecule has 3 rings (SSSR count). The van der Waals surface area contributed by atoms with E-state index >= 15 is 0 Å². The van der Waals surface area contributed by atoms with Crippen LogP contribution >= 0.6 is 0 Å². The van der Waals surface area contributed by atoms with Gasteiger partial charge in [-0.1, -0.05) is 71.0 Å².